The molecule has 1 aromatic carbocycles. The SMILES string of the molecule is CCCCCC(C)OC(=O)/C=C/C(=O)Oc1ccc(Cl)cc1. The Hall–Kier alpha value is -1.81. The molecule has 1 atom stereocenters. The largest absolute Gasteiger partial charge is 0.460 e. The lowest BCUT2D eigenvalue weighted by Crippen LogP contribution is -2.13. The Labute approximate surface area is 136 Å². The van der Waals surface area contributed by atoms with Crippen LogP contribution in [-0.4, -0.2) is 18.0 Å². The number of halogens is 1. The third-order valence-corrected chi connectivity index (χ3v) is 3.17. The number of unbranched alkanes of at least 4 members (excludes halogenated alkanes) is 2. The second-order valence-corrected chi connectivity index (χ2v) is 5.39. The van der Waals surface area contributed by atoms with Gasteiger partial charge in [0.05, 0.1) is 6.10 Å². The van der Waals surface area contributed by atoms with Crippen LogP contribution in [0.5, 0.6) is 5.75 Å². The Morgan fingerprint density at radius 1 is 1.14 bits per heavy atom. The van der Waals surface area contributed by atoms with Crippen molar-refractivity contribution in [3.8, 4) is 5.75 Å². The molecule has 0 saturated heterocycles. The fourth-order valence-electron chi connectivity index (χ4n) is 1.77. The van der Waals surface area contributed by atoms with Gasteiger partial charge in [-0.2, -0.15) is 0 Å². The summed E-state index contributed by atoms with van der Waals surface area (Å²) >= 11 is 5.73. The van der Waals surface area contributed by atoms with Crippen LogP contribution in [0.15, 0.2) is 36.4 Å². The molecule has 0 N–H and O–H groups in total. The van der Waals surface area contributed by atoms with E-state index in [1.807, 2.05) is 6.92 Å². The van der Waals surface area contributed by atoms with E-state index >= 15 is 0 Å². The zero-order chi connectivity index (χ0) is 16.4. The first-order chi connectivity index (χ1) is 10.5. The summed E-state index contributed by atoms with van der Waals surface area (Å²) in [6.07, 6.45) is 6.05. The van der Waals surface area contributed by atoms with E-state index in [0.29, 0.717) is 10.8 Å². The van der Waals surface area contributed by atoms with Crippen molar-refractivity contribution in [2.24, 2.45) is 0 Å². The molecule has 0 heterocycles. The van der Waals surface area contributed by atoms with Gasteiger partial charge in [-0.05, 0) is 44.0 Å². The van der Waals surface area contributed by atoms with Gasteiger partial charge in [0, 0.05) is 17.2 Å². The van der Waals surface area contributed by atoms with E-state index < -0.39 is 11.9 Å². The number of benzene rings is 1. The number of esters is 2. The average molecular weight is 325 g/mol. The van der Waals surface area contributed by atoms with Gasteiger partial charge >= 0.3 is 11.9 Å². The molecule has 0 spiro atoms. The van der Waals surface area contributed by atoms with Crippen LogP contribution in [-0.2, 0) is 14.3 Å². The molecule has 0 bridgehead atoms. The highest BCUT2D eigenvalue weighted by Gasteiger charge is 2.07. The topological polar surface area (TPSA) is 52.6 Å². The molecule has 0 radical (unpaired) electrons. The molecule has 0 amide bonds. The molecule has 120 valence electrons. The van der Waals surface area contributed by atoms with E-state index in [0.717, 1.165) is 37.8 Å². The van der Waals surface area contributed by atoms with E-state index in [1.54, 1.807) is 24.3 Å². The Balaban J connectivity index is 2.34. The first-order valence-corrected chi connectivity index (χ1v) is 7.75. The highest BCUT2D eigenvalue weighted by Crippen LogP contribution is 2.15. The van der Waals surface area contributed by atoms with Crippen LogP contribution in [0.4, 0.5) is 0 Å². The van der Waals surface area contributed by atoms with E-state index in [2.05, 4.69) is 6.92 Å². The summed E-state index contributed by atoms with van der Waals surface area (Å²) in [6.45, 7) is 3.96. The van der Waals surface area contributed by atoms with Crippen LogP contribution in [0.25, 0.3) is 0 Å². The molecule has 0 aromatic heterocycles. The lowest BCUT2D eigenvalue weighted by Gasteiger charge is -2.10. The van der Waals surface area contributed by atoms with Crippen molar-refractivity contribution >= 4 is 23.5 Å². The second-order valence-electron chi connectivity index (χ2n) is 4.95. The maximum absolute atomic E-state index is 11.6. The minimum absolute atomic E-state index is 0.156. The molecule has 0 saturated carbocycles. The molecule has 5 heteroatoms. The Morgan fingerprint density at radius 2 is 1.77 bits per heavy atom. The minimum Gasteiger partial charge on any atom is -0.460 e. The molecule has 1 rings (SSSR count). The number of carbonyl (C=O) groups excluding carboxylic acids is 2. The Kier molecular flexibility index (Phi) is 8.30. The fourth-order valence-corrected chi connectivity index (χ4v) is 1.89. The van der Waals surface area contributed by atoms with Crippen molar-refractivity contribution in [2.75, 3.05) is 0 Å². The van der Waals surface area contributed by atoms with E-state index in [9.17, 15) is 9.59 Å². The average Bonchev–Trinajstić information content (AvgIpc) is 2.48. The molecule has 0 aliphatic heterocycles. The molecule has 0 aliphatic carbocycles. The Morgan fingerprint density at radius 3 is 2.41 bits per heavy atom. The quantitative estimate of drug-likeness (QED) is 0.309. The third kappa shape index (κ3) is 7.84. The van der Waals surface area contributed by atoms with Gasteiger partial charge in [0.15, 0.2) is 0 Å². The molecule has 0 aliphatic rings. The highest BCUT2D eigenvalue weighted by atomic mass is 35.5. The van der Waals surface area contributed by atoms with Crippen LogP contribution >= 0.6 is 11.6 Å². The number of hydrogen-bond donors (Lipinski definition) is 0. The number of rotatable bonds is 8. The molecule has 22 heavy (non-hydrogen) atoms. The summed E-state index contributed by atoms with van der Waals surface area (Å²) in [4.78, 5) is 23.1. The van der Waals surface area contributed by atoms with Gasteiger partial charge in [0.1, 0.15) is 5.75 Å². The Bertz CT molecular complexity index is 508. The lowest BCUT2D eigenvalue weighted by atomic mass is 10.1. The number of carbonyl (C=O) groups is 2. The normalized spacial score (nSPS) is 12.1. The van der Waals surface area contributed by atoms with Gasteiger partial charge in [0.25, 0.3) is 0 Å². The van der Waals surface area contributed by atoms with Crippen molar-refractivity contribution in [2.45, 2.75) is 45.6 Å². The monoisotopic (exact) mass is 324 g/mol. The van der Waals surface area contributed by atoms with Gasteiger partial charge in [-0.25, -0.2) is 9.59 Å². The molecule has 4 nitrogen and oxygen atoms in total. The maximum Gasteiger partial charge on any atom is 0.336 e. The molecule has 1 unspecified atom stereocenters. The summed E-state index contributed by atoms with van der Waals surface area (Å²) in [6, 6.07) is 6.37. The predicted octanol–water partition coefficient (Wildman–Crippen LogP) is 4.31. The lowest BCUT2D eigenvalue weighted by molar-refractivity contribution is -0.143. The van der Waals surface area contributed by atoms with E-state index in [-0.39, 0.29) is 6.10 Å². The third-order valence-electron chi connectivity index (χ3n) is 2.92. The van der Waals surface area contributed by atoms with Gasteiger partial charge in [-0.1, -0.05) is 31.4 Å². The fraction of sp³-hybridized carbons (Fsp3) is 0.412. The van der Waals surface area contributed by atoms with Crippen LogP contribution in [0.3, 0.4) is 0 Å². The standard InChI is InChI=1S/C17H21ClO4/c1-3-4-5-6-13(2)21-16(19)11-12-17(20)22-15-9-7-14(18)8-10-15/h7-13H,3-6H2,1-2H3/b12-11+. The summed E-state index contributed by atoms with van der Waals surface area (Å²) in [5, 5.41) is 0.552. The van der Waals surface area contributed by atoms with Crippen molar-refractivity contribution in [1.29, 1.82) is 0 Å². The van der Waals surface area contributed by atoms with E-state index in [4.69, 9.17) is 21.1 Å². The molecular formula is C17H21ClO4. The summed E-state index contributed by atoms with van der Waals surface area (Å²) < 4.78 is 10.2. The molecule has 1 aromatic rings. The number of ether oxygens (including phenoxy) is 2. The minimum atomic E-state index is -0.641. The van der Waals surface area contributed by atoms with Gasteiger partial charge in [-0.3, -0.25) is 0 Å². The second kappa shape index (κ2) is 10.0. The van der Waals surface area contributed by atoms with Gasteiger partial charge < -0.3 is 9.47 Å². The van der Waals surface area contributed by atoms with Crippen molar-refractivity contribution in [1.82, 2.24) is 0 Å². The van der Waals surface area contributed by atoms with Crippen molar-refractivity contribution < 1.29 is 19.1 Å². The van der Waals surface area contributed by atoms with Crippen LogP contribution in [0.2, 0.25) is 5.02 Å². The van der Waals surface area contributed by atoms with E-state index in [1.165, 1.54) is 0 Å². The zero-order valence-electron chi connectivity index (χ0n) is 12.9. The van der Waals surface area contributed by atoms with Crippen LogP contribution in [0, 0.1) is 0 Å². The highest BCUT2D eigenvalue weighted by molar-refractivity contribution is 6.30. The first-order valence-electron chi connectivity index (χ1n) is 7.37. The first kappa shape index (κ1) is 18.2. The molecular weight excluding hydrogens is 304 g/mol. The zero-order valence-corrected chi connectivity index (χ0v) is 13.6. The smallest absolute Gasteiger partial charge is 0.336 e. The summed E-state index contributed by atoms with van der Waals surface area (Å²) in [7, 11) is 0. The van der Waals surface area contributed by atoms with Crippen molar-refractivity contribution in [3.05, 3.63) is 41.4 Å². The van der Waals surface area contributed by atoms with Crippen molar-refractivity contribution in [3.63, 3.8) is 0 Å². The van der Waals surface area contributed by atoms with Gasteiger partial charge in [-0.15, -0.1) is 0 Å². The van der Waals surface area contributed by atoms with Crippen LogP contribution in [0.1, 0.15) is 39.5 Å². The predicted molar refractivity (Wildman–Crippen MR) is 85.9 cm³/mol. The number of hydrogen-bond acceptors (Lipinski definition) is 4. The maximum atomic E-state index is 11.6. The summed E-state index contributed by atoms with van der Waals surface area (Å²) in [5.41, 5.74) is 0. The molecule has 0 fully saturated rings. The summed E-state index contributed by atoms with van der Waals surface area (Å²) in [5.74, 6) is -0.824. The van der Waals surface area contributed by atoms with Crippen LogP contribution < -0.4 is 4.74 Å². The van der Waals surface area contributed by atoms with Gasteiger partial charge in [0.2, 0.25) is 0 Å².